The van der Waals surface area contributed by atoms with Crippen LogP contribution < -0.4 is 5.32 Å². The normalized spacial score (nSPS) is 9.92. The first-order chi connectivity index (χ1) is 6.34. The highest BCUT2D eigenvalue weighted by Crippen LogP contribution is 2.18. The second-order valence-corrected chi connectivity index (χ2v) is 3.65. The summed E-state index contributed by atoms with van der Waals surface area (Å²) in [6.07, 6.45) is 0. The van der Waals surface area contributed by atoms with Gasteiger partial charge in [0.15, 0.2) is 0 Å². The summed E-state index contributed by atoms with van der Waals surface area (Å²) in [5.74, 6) is 0.769. The molecule has 0 unspecified atom stereocenters. The number of thiophene rings is 1. The quantitative estimate of drug-likeness (QED) is 0.767. The Balaban J connectivity index is 2.19. The highest BCUT2D eigenvalue weighted by Gasteiger charge is 1.95. The molecule has 0 fully saturated rings. The van der Waals surface area contributed by atoms with E-state index in [1.165, 1.54) is 0 Å². The van der Waals surface area contributed by atoms with Gasteiger partial charge < -0.3 is 5.32 Å². The van der Waals surface area contributed by atoms with Crippen molar-refractivity contribution in [1.29, 1.82) is 0 Å². The van der Waals surface area contributed by atoms with E-state index in [2.05, 4.69) is 10.3 Å². The molecule has 0 amide bonds. The Bertz CT molecular complexity index is 386. The molecule has 4 heteroatoms. The maximum atomic E-state index is 5.74. The van der Waals surface area contributed by atoms with E-state index in [4.69, 9.17) is 11.6 Å². The lowest BCUT2D eigenvalue weighted by Gasteiger charge is -2.01. The summed E-state index contributed by atoms with van der Waals surface area (Å²) in [7, 11) is 0. The van der Waals surface area contributed by atoms with Crippen LogP contribution in [-0.4, -0.2) is 4.98 Å². The van der Waals surface area contributed by atoms with Crippen LogP contribution in [0.5, 0.6) is 0 Å². The SMILES string of the molecule is Clc1cccc(Nc2ccsc2)n1. The summed E-state index contributed by atoms with van der Waals surface area (Å²) in [6.45, 7) is 0. The molecule has 2 aromatic heterocycles. The second kappa shape index (κ2) is 3.77. The third kappa shape index (κ3) is 2.20. The minimum Gasteiger partial charge on any atom is -0.340 e. The van der Waals surface area contributed by atoms with Crippen LogP contribution in [0.1, 0.15) is 0 Å². The number of nitrogens with one attached hydrogen (secondary N) is 1. The Morgan fingerprint density at radius 3 is 2.92 bits per heavy atom. The largest absolute Gasteiger partial charge is 0.340 e. The van der Waals surface area contributed by atoms with Gasteiger partial charge in [-0.2, -0.15) is 11.3 Å². The highest BCUT2D eigenvalue weighted by atomic mass is 35.5. The molecule has 0 bridgehead atoms. The van der Waals surface area contributed by atoms with E-state index in [0.29, 0.717) is 5.15 Å². The Morgan fingerprint density at radius 1 is 1.31 bits per heavy atom. The van der Waals surface area contributed by atoms with Gasteiger partial charge in [-0.15, -0.1) is 0 Å². The Morgan fingerprint density at radius 2 is 2.23 bits per heavy atom. The first kappa shape index (κ1) is 8.53. The standard InChI is InChI=1S/C9H7ClN2S/c10-8-2-1-3-9(12-8)11-7-4-5-13-6-7/h1-6H,(H,11,12). The van der Waals surface area contributed by atoms with Crippen LogP contribution in [0.2, 0.25) is 5.15 Å². The fourth-order valence-electron chi connectivity index (χ4n) is 0.961. The molecule has 0 aromatic carbocycles. The summed E-state index contributed by atoms with van der Waals surface area (Å²) in [5.41, 5.74) is 1.04. The van der Waals surface area contributed by atoms with E-state index in [1.54, 1.807) is 17.4 Å². The lowest BCUT2D eigenvalue weighted by molar-refractivity contribution is 1.31. The average Bonchev–Trinajstić information content (AvgIpc) is 2.57. The van der Waals surface area contributed by atoms with Gasteiger partial charge in [-0.1, -0.05) is 17.7 Å². The number of hydrogen-bond acceptors (Lipinski definition) is 3. The van der Waals surface area contributed by atoms with Crippen LogP contribution in [-0.2, 0) is 0 Å². The van der Waals surface area contributed by atoms with E-state index in [0.717, 1.165) is 11.5 Å². The molecule has 0 saturated carbocycles. The van der Waals surface area contributed by atoms with Crippen LogP contribution in [0.4, 0.5) is 11.5 Å². The van der Waals surface area contributed by atoms with Crippen LogP contribution in [0, 0.1) is 0 Å². The smallest absolute Gasteiger partial charge is 0.132 e. The minimum atomic E-state index is 0.500. The van der Waals surface area contributed by atoms with E-state index < -0.39 is 0 Å². The minimum absolute atomic E-state index is 0.500. The van der Waals surface area contributed by atoms with Crippen molar-refractivity contribution in [3.8, 4) is 0 Å². The maximum absolute atomic E-state index is 5.74. The van der Waals surface area contributed by atoms with Crippen LogP contribution in [0.25, 0.3) is 0 Å². The Kier molecular flexibility index (Phi) is 2.47. The number of pyridine rings is 1. The van der Waals surface area contributed by atoms with Crippen molar-refractivity contribution in [2.75, 3.05) is 5.32 Å². The Hall–Kier alpha value is -1.06. The van der Waals surface area contributed by atoms with Crippen molar-refractivity contribution in [3.63, 3.8) is 0 Å². The van der Waals surface area contributed by atoms with Gasteiger partial charge in [-0.3, -0.25) is 0 Å². The lowest BCUT2D eigenvalue weighted by atomic mass is 10.4. The fraction of sp³-hybridized carbons (Fsp3) is 0. The molecule has 13 heavy (non-hydrogen) atoms. The van der Waals surface area contributed by atoms with Gasteiger partial charge in [0, 0.05) is 5.38 Å². The zero-order chi connectivity index (χ0) is 9.10. The van der Waals surface area contributed by atoms with Crippen LogP contribution in [0.3, 0.4) is 0 Å². The lowest BCUT2D eigenvalue weighted by Crippen LogP contribution is -1.90. The molecule has 66 valence electrons. The van der Waals surface area contributed by atoms with E-state index in [1.807, 2.05) is 29.0 Å². The van der Waals surface area contributed by atoms with Gasteiger partial charge >= 0.3 is 0 Å². The molecule has 0 aliphatic rings. The van der Waals surface area contributed by atoms with Crippen molar-refractivity contribution in [3.05, 3.63) is 40.2 Å². The topological polar surface area (TPSA) is 24.9 Å². The molecule has 0 aliphatic carbocycles. The van der Waals surface area contributed by atoms with Crippen molar-refractivity contribution >= 4 is 34.4 Å². The van der Waals surface area contributed by atoms with Crippen LogP contribution in [0.15, 0.2) is 35.0 Å². The number of rotatable bonds is 2. The summed E-state index contributed by atoms with van der Waals surface area (Å²) in [5, 5.41) is 7.66. The van der Waals surface area contributed by atoms with Gasteiger partial charge in [0.2, 0.25) is 0 Å². The Labute approximate surface area is 85.2 Å². The number of hydrogen-bond donors (Lipinski definition) is 1. The summed E-state index contributed by atoms with van der Waals surface area (Å²) < 4.78 is 0. The molecule has 1 N–H and O–H groups in total. The van der Waals surface area contributed by atoms with Crippen molar-refractivity contribution in [2.45, 2.75) is 0 Å². The monoisotopic (exact) mass is 210 g/mol. The third-order valence-electron chi connectivity index (χ3n) is 1.51. The molecular formula is C9H7ClN2S. The molecule has 0 saturated heterocycles. The highest BCUT2D eigenvalue weighted by molar-refractivity contribution is 7.08. The maximum Gasteiger partial charge on any atom is 0.132 e. The number of nitrogens with zero attached hydrogens (tertiary/aromatic N) is 1. The van der Waals surface area contributed by atoms with E-state index in [9.17, 15) is 0 Å². The molecule has 2 heterocycles. The third-order valence-corrected chi connectivity index (χ3v) is 2.40. The predicted octanol–water partition coefficient (Wildman–Crippen LogP) is 3.54. The van der Waals surface area contributed by atoms with Gasteiger partial charge in [0.25, 0.3) is 0 Å². The summed E-state index contributed by atoms with van der Waals surface area (Å²) >= 11 is 7.38. The molecule has 0 aliphatic heterocycles. The van der Waals surface area contributed by atoms with Crippen molar-refractivity contribution in [1.82, 2.24) is 4.98 Å². The number of anilines is 2. The average molecular weight is 211 g/mol. The van der Waals surface area contributed by atoms with Gasteiger partial charge in [0.05, 0.1) is 5.69 Å². The zero-order valence-corrected chi connectivity index (χ0v) is 8.27. The van der Waals surface area contributed by atoms with Gasteiger partial charge in [-0.25, -0.2) is 4.98 Å². The molecule has 2 aromatic rings. The molecule has 2 nitrogen and oxygen atoms in total. The molecule has 2 rings (SSSR count). The number of aromatic nitrogens is 1. The zero-order valence-electron chi connectivity index (χ0n) is 6.70. The van der Waals surface area contributed by atoms with E-state index in [-0.39, 0.29) is 0 Å². The molecule has 0 radical (unpaired) electrons. The van der Waals surface area contributed by atoms with Crippen molar-refractivity contribution < 1.29 is 0 Å². The first-order valence-electron chi connectivity index (χ1n) is 3.76. The summed E-state index contributed by atoms with van der Waals surface area (Å²) in [6, 6.07) is 7.49. The molecule has 0 spiro atoms. The van der Waals surface area contributed by atoms with Crippen molar-refractivity contribution in [2.24, 2.45) is 0 Å². The fourth-order valence-corrected chi connectivity index (χ4v) is 1.71. The number of halogens is 1. The predicted molar refractivity (Wildman–Crippen MR) is 56.8 cm³/mol. The first-order valence-corrected chi connectivity index (χ1v) is 5.08. The molecular weight excluding hydrogens is 204 g/mol. The van der Waals surface area contributed by atoms with Gasteiger partial charge in [-0.05, 0) is 23.6 Å². The summed E-state index contributed by atoms with van der Waals surface area (Å²) in [4.78, 5) is 4.11. The second-order valence-electron chi connectivity index (χ2n) is 2.48. The van der Waals surface area contributed by atoms with Gasteiger partial charge in [0.1, 0.15) is 11.0 Å². The van der Waals surface area contributed by atoms with Crippen LogP contribution >= 0.6 is 22.9 Å². The van der Waals surface area contributed by atoms with E-state index >= 15 is 0 Å². The molecule has 0 atom stereocenters.